The maximum Gasteiger partial charge on any atom is 0.272 e. The Morgan fingerprint density at radius 2 is 1.28 bits per heavy atom. The predicted molar refractivity (Wildman–Crippen MR) is 121 cm³/mol. The second-order valence-corrected chi connectivity index (χ2v) is 7.46. The number of carbonyl (C=O) groups excluding carboxylic acids is 3. The molecule has 3 aromatic heterocycles. The van der Waals surface area contributed by atoms with Crippen molar-refractivity contribution >= 4 is 34.8 Å². The van der Waals surface area contributed by atoms with Gasteiger partial charge in [0.15, 0.2) is 0 Å². The molecule has 3 heterocycles. The van der Waals surface area contributed by atoms with Crippen LogP contribution in [0.3, 0.4) is 0 Å². The Morgan fingerprint density at radius 3 is 1.75 bits per heavy atom. The maximum absolute atomic E-state index is 12.8. The van der Waals surface area contributed by atoms with E-state index in [9.17, 15) is 14.4 Å². The quantitative estimate of drug-likeness (QED) is 0.329. The molecule has 11 heteroatoms. The monoisotopic (exact) mass is 441 g/mol. The van der Waals surface area contributed by atoms with Gasteiger partial charge < -0.3 is 40.5 Å². The Bertz CT molecular complexity index is 1160. The van der Waals surface area contributed by atoms with Crippen molar-refractivity contribution in [2.45, 2.75) is 6.42 Å². The number of rotatable bonds is 8. The number of anilines is 3. The molecule has 0 aliphatic carbocycles. The van der Waals surface area contributed by atoms with E-state index in [-0.39, 0.29) is 18.4 Å². The maximum atomic E-state index is 12.8. The van der Waals surface area contributed by atoms with Crippen molar-refractivity contribution in [1.82, 2.24) is 19.0 Å². The molecule has 0 unspecified atom stereocenters. The number of aromatic nitrogens is 3. The number of aliphatic hydroxyl groups is 1. The zero-order valence-corrected chi connectivity index (χ0v) is 18.2. The minimum absolute atomic E-state index is 0.00687. The topological polar surface area (TPSA) is 148 Å². The smallest absolute Gasteiger partial charge is 0.272 e. The Kier molecular flexibility index (Phi) is 6.69. The van der Waals surface area contributed by atoms with E-state index in [1.165, 1.54) is 0 Å². The van der Waals surface area contributed by atoms with Crippen LogP contribution in [0.5, 0.6) is 0 Å². The number of nitrogens with zero attached hydrogens (tertiary/aromatic N) is 3. The summed E-state index contributed by atoms with van der Waals surface area (Å²) in [6.07, 6.45) is 5.36. The fourth-order valence-electron chi connectivity index (χ4n) is 3.29. The van der Waals surface area contributed by atoms with E-state index < -0.39 is 5.91 Å². The van der Waals surface area contributed by atoms with Gasteiger partial charge >= 0.3 is 0 Å². The second kappa shape index (κ2) is 9.43. The minimum atomic E-state index is -0.394. The van der Waals surface area contributed by atoms with Crippen LogP contribution >= 0.6 is 0 Å². The number of nitrogen functional groups attached to an aromatic ring is 1. The molecule has 0 bridgehead atoms. The van der Waals surface area contributed by atoms with Crippen LogP contribution in [0, 0.1) is 0 Å². The van der Waals surface area contributed by atoms with Crippen LogP contribution in [0.4, 0.5) is 17.1 Å². The van der Waals surface area contributed by atoms with Crippen molar-refractivity contribution in [2.24, 2.45) is 21.1 Å². The number of aryl methyl sites for hydroxylation is 3. The van der Waals surface area contributed by atoms with Crippen molar-refractivity contribution in [3.8, 4) is 0 Å². The molecule has 3 rings (SSSR count). The molecule has 0 fully saturated rings. The second-order valence-electron chi connectivity index (χ2n) is 7.46. The van der Waals surface area contributed by atoms with Gasteiger partial charge in [-0.3, -0.25) is 14.4 Å². The highest BCUT2D eigenvalue weighted by atomic mass is 16.3. The van der Waals surface area contributed by atoms with E-state index >= 15 is 0 Å². The lowest BCUT2D eigenvalue weighted by atomic mass is 10.3. The molecule has 0 atom stereocenters. The van der Waals surface area contributed by atoms with E-state index in [0.29, 0.717) is 47.1 Å². The molecule has 170 valence electrons. The van der Waals surface area contributed by atoms with E-state index in [4.69, 9.17) is 10.8 Å². The average molecular weight is 441 g/mol. The molecule has 32 heavy (non-hydrogen) atoms. The molecular weight excluding hydrogens is 414 g/mol. The third kappa shape index (κ3) is 5.01. The Morgan fingerprint density at radius 1 is 0.812 bits per heavy atom. The highest BCUT2D eigenvalue weighted by Gasteiger charge is 2.18. The minimum Gasteiger partial charge on any atom is -0.397 e. The highest BCUT2D eigenvalue weighted by Crippen LogP contribution is 2.19. The summed E-state index contributed by atoms with van der Waals surface area (Å²) in [5.41, 5.74) is 8.21. The summed E-state index contributed by atoms with van der Waals surface area (Å²) in [4.78, 5) is 37.5. The summed E-state index contributed by atoms with van der Waals surface area (Å²) in [5, 5.41) is 17.0. The fraction of sp³-hybridized carbons (Fsp3) is 0.286. The molecule has 0 saturated heterocycles. The molecule has 0 spiro atoms. The normalized spacial score (nSPS) is 10.8. The lowest BCUT2D eigenvalue weighted by molar-refractivity contribution is 0.0941. The summed E-state index contributed by atoms with van der Waals surface area (Å²) in [5.74, 6) is -1.04. The van der Waals surface area contributed by atoms with Gasteiger partial charge in [-0.25, -0.2) is 0 Å². The van der Waals surface area contributed by atoms with Gasteiger partial charge in [0.2, 0.25) is 0 Å². The highest BCUT2D eigenvalue weighted by molar-refractivity contribution is 6.07. The molecule has 0 aromatic carbocycles. The Labute approximate surface area is 184 Å². The summed E-state index contributed by atoms with van der Waals surface area (Å²) in [7, 11) is 5.11. The van der Waals surface area contributed by atoms with Gasteiger partial charge in [0.05, 0.1) is 17.1 Å². The Hall–Kier alpha value is -3.99. The first-order valence-electron chi connectivity index (χ1n) is 9.96. The first-order valence-corrected chi connectivity index (χ1v) is 9.96. The summed E-state index contributed by atoms with van der Waals surface area (Å²) in [6, 6.07) is 4.70. The molecule has 6 N–H and O–H groups in total. The molecular formula is C21H27N7O4. The SMILES string of the molecule is Cn1cc(NC(=O)c2cc(NC(=O)c3cc(N)cn3C)cn2C)cc1C(=O)NCCCO. The summed E-state index contributed by atoms with van der Waals surface area (Å²) >= 11 is 0. The van der Waals surface area contributed by atoms with Crippen molar-refractivity contribution < 1.29 is 19.5 Å². The lowest BCUT2D eigenvalue weighted by Crippen LogP contribution is -2.26. The van der Waals surface area contributed by atoms with Gasteiger partial charge in [-0.1, -0.05) is 0 Å². The summed E-state index contributed by atoms with van der Waals surface area (Å²) in [6.45, 7) is 0.350. The van der Waals surface area contributed by atoms with Crippen LogP contribution in [0.15, 0.2) is 36.8 Å². The van der Waals surface area contributed by atoms with Gasteiger partial charge in [0.1, 0.15) is 17.1 Å². The summed E-state index contributed by atoms with van der Waals surface area (Å²) < 4.78 is 4.82. The van der Waals surface area contributed by atoms with Crippen LogP contribution < -0.4 is 21.7 Å². The van der Waals surface area contributed by atoms with Gasteiger partial charge in [-0.05, 0) is 24.6 Å². The lowest BCUT2D eigenvalue weighted by Gasteiger charge is -2.04. The first kappa shape index (κ1) is 22.7. The molecule has 0 radical (unpaired) electrons. The largest absolute Gasteiger partial charge is 0.397 e. The van der Waals surface area contributed by atoms with Crippen molar-refractivity contribution in [3.05, 3.63) is 53.9 Å². The fourth-order valence-corrected chi connectivity index (χ4v) is 3.29. The average Bonchev–Trinajstić information content (AvgIpc) is 3.38. The number of carbonyl (C=O) groups is 3. The van der Waals surface area contributed by atoms with Crippen LogP contribution in [0.2, 0.25) is 0 Å². The van der Waals surface area contributed by atoms with Crippen molar-refractivity contribution in [2.75, 3.05) is 29.5 Å². The number of aliphatic hydroxyl groups excluding tert-OH is 1. The zero-order chi connectivity index (χ0) is 23.4. The van der Waals surface area contributed by atoms with Crippen LogP contribution in [0.25, 0.3) is 0 Å². The Balaban J connectivity index is 1.68. The van der Waals surface area contributed by atoms with Crippen LogP contribution in [-0.2, 0) is 21.1 Å². The molecule has 11 nitrogen and oxygen atoms in total. The third-order valence-corrected chi connectivity index (χ3v) is 4.87. The number of amides is 3. The van der Waals surface area contributed by atoms with E-state index in [1.807, 2.05) is 0 Å². The number of hydrogen-bond donors (Lipinski definition) is 5. The standard InChI is InChI=1S/C21H27N7O4/c1-26-10-13(22)7-16(26)20(31)24-15-9-18(28(3)12-15)21(32)25-14-8-17(27(2)11-14)19(30)23-5-4-6-29/h7-12,29H,4-6,22H2,1-3H3,(H,23,30)(H,24,31)(H,25,32). The third-order valence-electron chi connectivity index (χ3n) is 4.87. The molecule has 0 aliphatic rings. The van der Waals surface area contributed by atoms with E-state index in [2.05, 4.69) is 16.0 Å². The number of hydrogen-bond acceptors (Lipinski definition) is 5. The molecule has 0 aliphatic heterocycles. The van der Waals surface area contributed by atoms with Crippen LogP contribution in [0.1, 0.15) is 37.9 Å². The van der Waals surface area contributed by atoms with Gasteiger partial charge in [-0.2, -0.15) is 0 Å². The van der Waals surface area contributed by atoms with Gasteiger partial charge in [0, 0.05) is 52.9 Å². The number of nitrogens with two attached hydrogens (primary N) is 1. The van der Waals surface area contributed by atoms with Gasteiger partial charge in [0.25, 0.3) is 17.7 Å². The predicted octanol–water partition coefficient (Wildman–Crippen LogP) is 0.901. The zero-order valence-electron chi connectivity index (χ0n) is 18.2. The van der Waals surface area contributed by atoms with Crippen LogP contribution in [-0.4, -0.2) is 49.7 Å². The first-order chi connectivity index (χ1) is 15.2. The van der Waals surface area contributed by atoms with Crippen molar-refractivity contribution in [1.29, 1.82) is 0 Å². The number of nitrogens with one attached hydrogen (secondary N) is 3. The molecule has 3 amide bonds. The van der Waals surface area contributed by atoms with Gasteiger partial charge in [-0.15, -0.1) is 0 Å². The van der Waals surface area contributed by atoms with Crippen molar-refractivity contribution in [3.63, 3.8) is 0 Å². The molecule has 0 saturated carbocycles. The molecule has 3 aromatic rings. The van der Waals surface area contributed by atoms with E-state index in [0.717, 1.165) is 0 Å². The van der Waals surface area contributed by atoms with E-state index in [1.54, 1.807) is 71.6 Å².